The first-order chi connectivity index (χ1) is 13.6. The van der Waals surface area contributed by atoms with E-state index in [1.54, 1.807) is 54.0 Å². The van der Waals surface area contributed by atoms with Gasteiger partial charge in [-0.15, -0.1) is 0 Å². The number of aryl methyl sites for hydroxylation is 1. The zero-order chi connectivity index (χ0) is 21.2. The average Bonchev–Trinajstić information content (AvgIpc) is 2.91. The van der Waals surface area contributed by atoms with Crippen LogP contribution in [0.1, 0.15) is 21.5 Å². The van der Waals surface area contributed by atoms with Gasteiger partial charge in [0.2, 0.25) is 0 Å². The van der Waals surface area contributed by atoms with Crippen LogP contribution in [-0.4, -0.2) is 41.1 Å². The highest BCUT2D eigenvalue weighted by Gasteiger charge is 2.68. The molecule has 152 valence electrons. The van der Waals surface area contributed by atoms with Crippen LogP contribution in [0.4, 0.5) is 18.0 Å². The van der Waals surface area contributed by atoms with Crippen LogP contribution in [0.15, 0.2) is 54.6 Å². The third-order valence-corrected chi connectivity index (χ3v) is 4.58. The SMILES string of the molecule is Cc1cccc(C(=O)N[C@@]2(C(F)(F)F)NC(=O)N(CCc3ccccc3)C2=O)c1. The number of carbonyl (C=O) groups is 3. The minimum Gasteiger partial charge on any atom is -0.314 e. The highest BCUT2D eigenvalue weighted by molar-refractivity contribution is 6.10. The molecular weight excluding hydrogens is 387 g/mol. The van der Waals surface area contributed by atoms with Gasteiger partial charge < -0.3 is 5.32 Å². The maximum atomic E-state index is 13.9. The molecule has 1 atom stereocenters. The van der Waals surface area contributed by atoms with Gasteiger partial charge >= 0.3 is 12.2 Å². The number of hydrogen-bond donors (Lipinski definition) is 2. The van der Waals surface area contributed by atoms with Crippen molar-refractivity contribution in [3.8, 4) is 0 Å². The molecule has 2 N–H and O–H groups in total. The van der Waals surface area contributed by atoms with E-state index >= 15 is 0 Å². The topological polar surface area (TPSA) is 78.5 Å². The summed E-state index contributed by atoms with van der Waals surface area (Å²) in [7, 11) is 0. The molecule has 9 heteroatoms. The van der Waals surface area contributed by atoms with E-state index in [2.05, 4.69) is 0 Å². The summed E-state index contributed by atoms with van der Waals surface area (Å²) in [5, 5.41) is 3.34. The third kappa shape index (κ3) is 3.94. The first-order valence-corrected chi connectivity index (χ1v) is 8.78. The van der Waals surface area contributed by atoms with Crippen molar-refractivity contribution in [2.75, 3.05) is 6.54 Å². The first-order valence-electron chi connectivity index (χ1n) is 8.78. The van der Waals surface area contributed by atoms with Crippen LogP contribution in [0.3, 0.4) is 0 Å². The summed E-state index contributed by atoms with van der Waals surface area (Å²) in [5.41, 5.74) is -2.16. The molecule has 0 unspecified atom stereocenters. The number of carbonyl (C=O) groups excluding carboxylic acids is 3. The Morgan fingerprint density at radius 1 is 1.10 bits per heavy atom. The van der Waals surface area contributed by atoms with E-state index in [1.165, 1.54) is 18.2 Å². The van der Waals surface area contributed by atoms with Gasteiger partial charge in [-0.1, -0.05) is 48.0 Å². The average molecular weight is 405 g/mol. The lowest BCUT2D eigenvalue weighted by Gasteiger charge is -2.30. The second kappa shape index (κ2) is 7.57. The number of urea groups is 1. The largest absolute Gasteiger partial charge is 0.440 e. The number of rotatable bonds is 5. The predicted molar refractivity (Wildman–Crippen MR) is 97.8 cm³/mol. The molecule has 6 nitrogen and oxygen atoms in total. The van der Waals surface area contributed by atoms with Gasteiger partial charge in [0, 0.05) is 12.1 Å². The second-order valence-electron chi connectivity index (χ2n) is 6.69. The zero-order valence-corrected chi connectivity index (χ0v) is 15.4. The molecule has 4 amide bonds. The Bertz CT molecular complexity index is 947. The third-order valence-electron chi connectivity index (χ3n) is 4.58. The van der Waals surface area contributed by atoms with E-state index in [0.717, 1.165) is 5.56 Å². The van der Waals surface area contributed by atoms with E-state index in [-0.39, 0.29) is 18.5 Å². The molecule has 1 fully saturated rings. The lowest BCUT2D eigenvalue weighted by Crippen LogP contribution is -2.69. The van der Waals surface area contributed by atoms with E-state index in [4.69, 9.17) is 0 Å². The molecule has 0 spiro atoms. The van der Waals surface area contributed by atoms with E-state index in [1.807, 2.05) is 0 Å². The van der Waals surface area contributed by atoms with Gasteiger partial charge in [-0.3, -0.25) is 19.8 Å². The Hall–Kier alpha value is -3.36. The van der Waals surface area contributed by atoms with Gasteiger partial charge in [0.1, 0.15) is 0 Å². The molecule has 0 aliphatic carbocycles. The normalized spacial score (nSPS) is 19.2. The molecule has 0 aromatic heterocycles. The Labute approximate surface area is 164 Å². The lowest BCUT2D eigenvalue weighted by atomic mass is 10.1. The number of imide groups is 1. The van der Waals surface area contributed by atoms with Crippen molar-refractivity contribution in [1.82, 2.24) is 15.5 Å². The van der Waals surface area contributed by atoms with Gasteiger partial charge in [-0.05, 0) is 31.0 Å². The van der Waals surface area contributed by atoms with Gasteiger partial charge in [0.05, 0.1) is 0 Å². The van der Waals surface area contributed by atoms with Crippen molar-refractivity contribution in [1.29, 1.82) is 0 Å². The molecule has 0 saturated carbocycles. The molecule has 1 saturated heterocycles. The number of amides is 4. The fourth-order valence-corrected chi connectivity index (χ4v) is 3.04. The van der Waals surface area contributed by atoms with Gasteiger partial charge in [0.15, 0.2) is 0 Å². The Balaban J connectivity index is 1.85. The number of nitrogens with one attached hydrogen (secondary N) is 2. The Kier molecular flexibility index (Phi) is 5.32. The molecule has 3 rings (SSSR count). The Morgan fingerprint density at radius 3 is 2.41 bits per heavy atom. The smallest absolute Gasteiger partial charge is 0.314 e. The minimum atomic E-state index is -5.24. The molecular formula is C20H18F3N3O3. The van der Waals surface area contributed by atoms with Crippen LogP contribution >= 0.6 is 0 Å². The molecule has 1 aliphatic rings. The quantitative estimate of drug-likeness (QED) is 0.751. The van der Waals surface area contributed by atoms with Crippen molar-refractivity contribution >= 4 is 17.8 Å². The first kappa shape index (κ1) is 20.4. The van der Waals surface area contributed by atoms with Crippen LogP contribution in [0, 0.1) is 6.92 Å². The van der Waals surface area contributed by atoms with E-state index in [0.29, 0.717) is 10.5 Å². The number of halogens is 3. The standard InChI is InChI=1S/C20H18F3N3O3/c1-13-6-5-9-15(12-13)16(27)24-19(20(21,22)23)17(28)26(18(29)25-19)11-10-14-7-3-2-4-8-14/h2-9,12H,10-11H2,1H3,(H,24,27)(H,25,29)/t19-/m1/s1. The molecule has 2 aromatic rings. The van der Waals surface area contributed by atoms with Crippen LogP contribution in [0.2, 0.25) is 0 Å². The highest BCUT2D eigenvalue weighted by Crippen LogP contribution is 2.34. The lowest BCUT2D eigenvalue weighted by molar-refractivity contribution is -0.200. The van der Waals surface area contributed by atoms with Crippen LogP contribution in [-0.2, 0) is 11.2 Å². The fourth-order valence-electron chi connectivity index (χ4n) is 3.04. The van der Waals surface area contributed by atoms with Crippen molar-refractivity contribution in [3.63, 3.8) is 0 Å². The van der Waals surface area contributed by atoms with Crippen LogP contribution in [0.25, 0.3) is 0 Å². The van der Waals surface area contributed by atoms with Gasteiger partial charge in [-0.25, -0.2) is 4.79 Å². The second-order valence-corrected chi connectivity index (χ2v) is 6.69. The summed E-state index contributed by atoms with van der Waals surface area (Å²) < 4.78 is 41.6. The number of alkyl halides is 3. The summed E-state index contributed by atoms with van der Waals surface area (Å²) in [6, 6.07) is 13.4. The highest BCUT2D eigenvalue weighted by atomic mass is 19.4. The zero-order valence-electron chi connectivity index (χ0n) is 15.4. The fraction of sp³-hybridized carbons (Fsp3) is 0.250. The Morgan fingerprint density at radius 2 is 1.79 bits per heavy atom. The molecule has 0 bridgehead atoms. The molecule has 1 heterocycles. The number of nitrogens with zero attached hydrogens (tertiary/aromatic N) is 1. The minimum absolute atomic E-state index is 0.0570. The van der Waals surface area contributed by atoms with Crippen molar-refractivity contribution in [3.05, 3.63) is 71.3 Å². The summed E-state index contributed by atoms with van der Waals surface area (Å²) in [6.07, 6.45) is -5.06. The van der Waals surface area contributed by atoms with Crippen molar-refractivity contribution < 1.29 is 27.6 Å². The molecule has 0 radical (unpaired) electrons. The van der Waals surface area contributed by atoms with Crippen molar-refractivity contribution in [2.45, 2.75) is 25.2 Å². The monoisotopic (exact) mass is 405 g/mol. The maximum Gasteiger partial charge on any atom is 0.440 e. The molecule has 1 aliphatic heterocycles. The summed E-state index contributed by atoms with van der Waals surface area (Å²) in [4.78, 5) is 37.7. The predicted octanol–water partition coefficient (Wildman–Crippen LogP) is 2.78. The molecule has 29 heavy (non-hydrogen) atoms. The van der Waals surface area contributed by atoms with Gasteiger partial charge in [0.25, 0.3) is 17.5 Å². The summed E-state index contributed by atoms with van der Waals surface area (Å²) in [6.45, 7) is 1.41. The number of benzene rings is 2. The number of hydrogen-bond acceptors (Lipinski definition) is 3. The molecule has 2 aromatic carbocycles. The summed E-state index contributed by atoms with van der Waals surface area (Å²) in [5.74, 6) is -2.68. The maximum absolute atomic E-state index is 13.9. The van der Waals surface area contributed by atoms with Crippen molar-refractivity contribution in [2.24, 2.45) is 0 Å². The van der Waals surface area contributed by atoms with E-state index < -0.39 is 29.7 Å². The van der Waals surface area contributed by atoms with Gasteiger partial charge in [-0.2, -0.15) is 13.2 Å². The summed E-state index contributed by atoms with van der Waals surface area (Å²) >= 11 is 0. The van der Waals surface area contributed by atoms with Crippen LogP contribution in [0.5, 0.6) is 0 Å². The van der Waals surface area contributed by atoms with Crippen LogP contribution < -0.4 is 10.6 Å². The van der Waals surface area contributed by atoms with E-state index in [9.17, 15) is 27.6 Å².